The largest absolute Gasteiger partial charge is 0.339 e. The molecule has 0 bridgehead atoms. The topological polar surface area (TPSA) is 20.3 Å². The van der Waals surface area contributed by atoms with Crippen molar-refractivity contribution in [2.45, 2.75) is 45.4 Å². The molecule has 1 aliphatic heterocycles. The minimum Gasteiger partial charge on any atom is -0.339 e. The van der Waals surface area contributed by atoms with Gasteiger partial charge in [-0.15, -0.1) is 0 Å². The van der Waals surface area contributed by atoms with E-state index >= 15 is 0 Å². The summed E-state index contributed by atoms with van der Waals surface area (Å²) in [5, 5.41) is 0. The second-order valence-electron chi connectivity index (χ2n) is 4.32. The Morgan fingerprint density at radius 3 is 2.62 bits per heavy atom. The smallest absolute Gasteiger partial charge is 0.246 e. The molecule has 1 heterocycles. The van der Waals surface area contributed by atoms with Gasteiger partial charge in [-0.1, -0.05) is 38.0 Å². The van der Waals surface area contributed by atoms with Crippen molar-refractivity contribution >= 4 is 5.91 Å². The Morgan fingerprint density at radius 2 is 1.94 bits per heavy atom. The van der Waals surface area contributed by atoms with Crippen molar-refractivity contribution in [2.24, 2.45) is 0 Å². The highest BCUT2D eigenvalue weighted by molar-refractivity contribution is 5.87. The van der Waals surface area contributed by atoms with Crippen LogP contribution >= 0.6 is 0 Å². The van der Waals surface area contributed by atoms with Crippen molar-refractivity contribution in [2.75, 3.05) is 13.1 Å². The molecule has 0 N–H and O–H groups in total. The van der Waals surface area contributed by atoms with E-state index in [2.05, 4.69) is 13.0 Å². The zero-order valence-corrected chi connectivity index (χ0v) is 10.3. The lowest BCUT2D eigenvalue weighted by Crippen LogP contribution is -2.34. The first kappa shape index (κ1) is 13.0. The van der Waals surface area contributed by atoms with Crippen LogP contribution in [0, 0.1) is 0 Å². The zero-order valence-electron chi connectivity index (χ0n) is 10.3. The lowest BCUT2D eigenvalue weighted by Gasteiger charge is -2.25. The summed E-state index contributed by atoms with van der Waals surface area (Å²) in [6.07, 6.45) is 14.8. The molecule has 90 valence electrons. The zero-order chi connectivity index (χ0) is 11.6. The fourth-order valence-electron chi connectivity index (χ4n) is 1.85. The average molecular weight is 221 g/mol. The van der Waals surface area contributed by atoms with Crippen LogP contribution in [0.1, 0.15) is 45.4 Å². The quantitative estimate of drug-likeness (QED) is 0.396. The summed E-state index contributed by atoms with van der Waals surface area (Å²) >= 11 is 0. The number of nitrogens with zero attached hydrogens (tertiary/aromatic N) is 1. The van der Waals surface area contributed by atoms with E-state index in [9.17, 15) is 4.79 Å². The van der Waals surface area contributed by atoms with Crippen molar-refractivity contribution in [3.8, 4) is 0 Å². The summed E-state index contributed by atoms with van der Waals surface area (Å²) in [7, 11) is 0. The van der Waals surface area contributed by atoms with Gasteiger partial charge in [-0.3, -0.25) is 4.79 Å². The fourth-order valence-corrected chi connectivity index (χ4v) is 1.85. The first-order chi connectivity index (χ1) is 7.84. The van der Waals surface area contributed by atoms with E-state index < -0.39 is 0 Å². The average Bonchev–Trinajstić information content (AvgIpc) is 2.34. The molecule has 16 heavy (non-hydrogen) atoms. The molecule has 0 radical (unpaired) electrons. The lowest BCUT2D eigenvalue weighted by atomic mass is 10.1. The molecular formula is C14H23NO. The van der Waals surface area contributed by atoms with E-state index in [4.69, 9.17) is 0 Å². The monoisotopic (exact) mass is 221 g/mol. The molecule has 0 aromatic rings. The molecule has 0 unspecified atom stereocenters. The van der Waals surface area contributed by atoms with Gasteiger partial charge in [-0.05, 0) is 25.7 Å². The summed E-state index contributed by atoms with van der Waals surface area (Å²) in [5.74, 6) is 0.167. The summed E-state index contributed by atoms with van der Waals surface area (Å²) in [5.41, 5.74) is 0. The van der Waals surface area contributed by atoms with Gasteiger partial charge in [0.05, 0.1) is 0 Å². The Bertz CT molecular complexity index is 249. The van der Waals surface area contributed by atoms with E-state index in [1.165, 1.54) is 19.3 Å². The first-order valence-corrected chi connectivity index (χ1v) is 6.46. The van der Waals surface area contributed by atoms with E-state index in [1.54, 1.807) is 6.08 Å². The molecule has 0 aliphatic carbocycles. The molecule has 0 atom stereocenters. The van der Waals surface area contributed by atoms with Crippen molar-refractivity contribution in [3.05, 3.63) is 24.3 Å². The molecule has 1 saturated heterocycles. The van der Waals surface area contributed by atoms with E-state index in [0.29, 0.717) is 0 Å². The second-order valence-corrected chi connectivity index (χ2v) is 4.32. The minimum atomic E-state index is 0.167. The van der Waals surface area contributed by atoms with Crippen LogP contribution in [0.15, 0.2) is 24.3 Å². The maximum Gasteiger partial charge on any atom is 0.246 e. The molecule has 0 aromatic carbocycles. The van der Waals surface area contributed by atoms with Crippen LogP contribution in [0.3, 0.4) is 0 Å². The van der Waals surface area contributed by atoms with E-state index in [-0.39, 0.29) is 5.91 Å². The number of likely N-dealkylation sites (tertiary alicyclic amines) is 1. The maximum atomic E-state index is 11.7. The van der Waals surface area contributed by atoms with Gasteiger partial charge in [0.15, 0.2) is 0 Å². The second kappa shape index (κ2) is 8.14. The number of unbranched alkanes of at least 4 members (excludes halogenated alkanes) is 2. The lowest BCUT2D eigenvalue weighted by molar-refractivity contribution is -0.126. The Balaban J connectivity index is 2.21. The maximum absolute atomic E-state index is 11.7. The number of carbonyl (C=O) groups is 1. The predicted molar refractivity (Wildman–Crippen MR) is 68.2 cm³/mol. The van der Waals surface area contributed by atoms with Crippen molar-refractivity contribution in [1.29, 1.82) is 0 Å². The SMILES string of the molecule is CCCC/C=C/C=C/C(=O)N1CCCCC1. The molecule has 0 spiro atoms. The molecule has 0 saturated carbocycles. The third-order valence-electron chi connectivity index (χ3n) is 2.88. The van der Waals surface area contributed by atoms with Gasteiger partial charge in [-0.2, -0.15) is 0 Å². The van der Waals surface area contributed by atoms with Gasteiger partial charge in [0.2, 0.25) is 5.91 Å². The van der Waals surface area contributed by atoms with Crippen molar-refractivity contribution < 1.29 is 4.79 Å². The normalized spacial score (nSPS) is 17.4. The number of hydrogen-bond acceptors (Lipinski definition) is 1. The van der Waals surface area contributed by atoms with E-state index in [0.717, 1.165) is 32.4 Å². The first-order valence-electron chi connectivity index (χ1n) is 6.46. The van der Waals surface area contributed by atoms with Gasteiger partial charge in [0.1, 0.15) is 0 Å². The highest BCUT2D eigenvalue weighted by atomic mass is 16.2. The molecule has 2 heteroatoms. The fraction of sp³-hybridized carbons (Fsp3) is 0.643. The van der Waals surface area contributed by atoms with Crippen LogP contribution in [-0.4, -0.2) is 23.9 Å². The Labute approximate surface area is 99.0 Å². The van der Waals surface area contributed by atoms with E-state index in [1.807, 2.05) is 17.1 Å². The molecule has 1 rings (SSSR count). The van der Waals surface area contributed by atoms with Crippen LogP contribution in [-0.2, 0) is 4.79 Å². The van der Waals surface area contributed by atoms with Crippen LogP contribution in [0.4, 0.5) is 0 Å². The highest BCUT2D eigenvalue weighted by Crippen LogP contribution is 2.08. The Hall–Kier alpha value is -1.05. The molecule has 2 nitrogen and oxygen atoms in total. The van der Waals surface area contributed by atoms with Gasteiger partial charge in [-0.25, -0.2) is 0 Å². The summed E-state index contributed by atoms with van der Waals surface area (Å²) < 4.78 is 0. The third kappa shape index (κ3) is 5.15. The summed E-state index contributed by atoms with van der Waals surface area (Å²) in [4.78, 5) is 13.6. The van der Waals surface area contributed by atoms with Gasteiger partial charge in [0.25, 0.3) is 0 Å². The number of amides is 1. The molecule has 1 fully saturated rings. The van der Waals surface area contributed by atoms with Gasteiger partial charge >= 0.3 is 0 Å². The highest BCUT2D eigenvalue weighted by Gasteiger charge is 2.12. The summed E-state index contributed by atoms with van der Waals surface area (Å²) in [6.45, 7) is 4.05. The summed E-state index contributed by atoms with van der Waals surface area (Å²) in [6, 6.07) is 0. The van der Waals surface area contributed by atoms with Gasteiger partial charge in [0, 0.05) is 19.2 Å². The number of piperidine rings is 1. The number of allylic oxidation sites excluding steroid dienone is 3. The number of hydrogen-bond donors (Lipinski definition) is 0. The van der Waals surface area contributed by atoms with Crippen LogP contribution < -0.4 is 0 Å². The Kier molecular flexibility index (Phi) is 6.62. The number of carbonyl (C=O) groups excluding carboxylic acids is 1. The van der Waals surface area contributed by atoms with Crippen molar-refractivity contribution in [3.63, 3.8) is 0 Å². The number of rotatable bonds is 5. The molecule has 0 aromatic heterocycles. The predicted octanol–water partition coefficient (Wildman–Crippen LogP) is 3.30. The van der Waals surface area contributed by atoms with Crippen molar-refractivity contribution in [1.82, 2.24) is 4.90 Å². The Morgan fingerprint density at radius 1 is 1.19 bits per heavy atom. The molecule has 1 aliphatic rings. The standard InChI is InChI=1S/C14H23NO/c1-2-3-4-5-6-8-11-14(16)15-12-9-7-10-13-15/h5-6,8,11H,2-4,7,9-10,12-13H2,1H3/b6-5+,11-8+. The van der Waals surface area contributed by atoms with Gasteiger partial charge < -0.3 is 4.90 Å². The molecule has 1 amide bonds. The van der Waals surface area contributed by atoms with Crippen LogP contribution in [0.5, 0.6) is 0 Å². The van der Waals surface area contributed by atoms with Crippen LogP contribution in [0.2, 0.25) is 0 Å². The minimum absolute atomic E-state index is 0.167. The molecular weight excluding hydrogens is 198 g/mol. The third-order valence-corrected chi connectivity index (χ3v) is 2.88. The van der Waals surface area contributed by atoms with Crippen LogP contribution in [0.25, 0.3) is 0 Å².